The van der Waals surface area contributed by atoms with Gasteiger partial charge in [-0.25, -0.2) is 0 Å². The number of rotatable bonds is 4. The second-order valence-electron chi connectivity index (χ2n) is 6.13. The first-order chi connectivity index (χ1) is 13.8. The molecular formula is C23H23Cl2NO3. The molecule has 29 heavy (non-hydrogen) atoms. The maximum Gasteiger partial charge on any atom is 0.259 e. The fourth-order valence-corrected chi connectivity index (χ4v) is 2.97. The van der Waals surface area contributed by atoms with Crippen LogP contribution in [-0.2, 0) is 0 Å². The van der Waals surface area contributed by atoms with Gasteiger partial charge in [0.25, 0.3) is 5.91 Å². The zero-order chi connectivity index (χ0) is 21.6. The first-order valence-electron chi connectivity index (χ1n) is 9.18. The van der Waals surface area contributed by atoms with E-state index >= 15 is 0 Å². The van der Waals surface area contributed by atoms with Crippen LogP contribution < -0.4 is 10.1 Å². The van der Waals surface area contributed by atoms with Crippen molar-refractivity contribution in [3.8, 4) is 17.2 Å². The molecule has 0 atom stereocenters. The summed E-state index contributed by atoms with van der Waals surface area (Å²) in [6.07, 6.45) is 0. The van der Waals surface area contributed by atoms with Gasteiger partial charge in [-0.2, -0.15) is 0 Å². The van der Waals surface area contributed by atoms with Crippen molar-refractivity contribution in [2.75, 3.05) is 5.32 Å². The number of aromatic hydroxyl groups is 1. The van der Waals surface area contributed by atoms with Crippen molar-refractivity contribution in [2.45, 2.75) is 27.7 Å². The number of ether oxygens (including phenoxy) is 1. The molecule has 2 N–H and O–H groups in total. The number of halogens is 2. The Morgan fingerprint density at radius 2 is 1.62 bits per heavy atom. The molecule has 0 aromatic heterocycles. The summed E-state index contributed by atoms with van der Waals surface area (Å²) in [5.74, 6) is 0.595. The van der Waals surface area contributed by atoms with Crippen LogP contribution in [0, 0.1) is 13.8 Å². The van der Waals surface area contributed by atoms with Crippen LogP contribution in [0.4, 0.5) is 5.69 Å². The zero-order valence-corrected chi connectivity index (χ0v) is 18.2. The number of phenolic OH excluding ortho intramolecular Hbond substituents is 1. The van der Waals surface area contributed by atoms with Crippen molar-refractivity contribution in [2.24, 2.45) is 0 Å². The molecule has 3 aromatic rings. The Morgan fingerprint density at radius 1 is 0.966 bits per heavy atom. The van der Waals surface area contributed by atoms with Gasteiger partial charge in [0.15, 0.2) is 0 Å². The molecular weight excluding hydrogens is 409 g/mol. The van der Waals surface area contributed by atoms with E-state index in [9.17, 15) is 9.90 Å². The number of amides is 1. The molecule has 0 radical (unpaired) electrons. The normalized spacial score (nSPS) is 10.0. The van der Waals surface area contributed by atoms with Gasteiger partial charge >= 0.3 is 0 Å². The van der Waals surface area contributed by atoms with Gasteiger partial charge in [-0.05, 0) is 73.5 Å². The lowest BCUT2D eigenvalue weighted by Crippen LogP contribution is -2.12. The van der Waals surface area contributed by atoms with E-state index in [1.807, 2.05) is 26.8 Å². The third-order valence-electron chi connectivity index (χ3n) is 3.92. The largest absolute Gasteiger partial charge is 0.507 e. The lowest BCUT2D eigenvalue weighted by Gasteiger charge is -2.12. The number of phenols is 1. The number of hydrogen-bond donors (Lipinski definition) is 2. The van der Waals surface area contributed by atoms with E-state index in [4.69, 9.17) is 27.9 Å². The average molecular weight is 432 g/mol. The Kier molecular flexibility index (Phi) is 7.94. The predicted octanol–water partition coefficient (Wildman–Crippen LogP) is 7.39. The van der Waals surface area contributed by atoms with Crippen LogP contribution in [0.25, 0.3) is 0 Å². The summed E-state index contributed by atoms with van der Waals surface area (Å²) in [4.78, 5) is 12.5. The molecule has 0 heterocycles. The van der Waals surface area contributed by atoms with Gasteiger partial charge in [-0.3, -0.25) is 4.79 Å². The molecule has 0 bridgehead atoms. The molecule has 1 amide bonds. The lowest BCUT2D eigenvalue weighted by molar-refractivity contribution is 0.102. The minimum absolute atomic E-state index is 0.0353. The van der Waals surface area contributed by atoms with Crippen molar-refractivity contribution in [1.29, 1.82) is 0 Å². The highest BCUT2D eigenvalue weighted by Gasteiger charge is 2.15. The smallest absolute Gasteiger partial charge is 0.259 e. The van der Waals surface area contributed by atoms with Gasteiger partial charge in [-0.15, -0.1) is 0 Å². The van der Waals surface area contributed by atoms with Crippen molar-refractivity contribution in [3.05, 3.63) is 81.3 Å². The van der Waals surface area contributed by atoms with E-state index in [0.717, 1.165) is 5.56 Å². The average Bonchev–Trinajstić information content (AvgIpc) is 2.70. The molecule has 0 saturated carbocycles. The van der Waals surface area contributed by atoms with E-state index in [-0.39, 0.29) is 11.3 Å². The van der Waals surface area contributed by atoms with Gasteiger partial charge in [0.05, 0.1) is 10.6 Å². The Morgan fingerprint density at radius 3 is 2.24 bits per heavy atom. The van der Waals surface area contributed by atoms with Crippen molar-refractivity contribution in [3.63, 3.8) is 0 Å². The first-order valence-corrected chi connectivity index (χ1v) is 9.93. The molecule has 0 spiro atoms. The van der Waals surface area contributed by atoms with Crippen LogP contribution in [0.5, 0.6) is 17.2 Å². The number of nitrogens with one attached hydrogen (secondary N) is 1. The topological polar surface area (TPSA) is 58.6 Å². The molecule has 0 aliphatic carbocycles. The lowest BCUT2D eigenvalue weighted by atomic mass is 10.0. The number of aryl methyl sites for hydroxylation is 2. The fraction of sp³-hybridized carbons (Fsp3) is 0.174. The molecule has 0 aliphatic heterocycles. The van der Waals surface area contributed by atoms with Gasteiger partial charge in [0.2, 0.25) is 0 Å². The molecule has 3 aromatic carbocycles. The number of hydrogen-bond acceptors (Lipinski definition) is 3. The second-order valence-corrected chi connectivity index (χ2v) is 6.98. The summed E-state index contributed by atoms with van der Waals surface area (Å²) >= 11 is 12.1. The molecule has 0 aliphatic rings. The number of carbonyl (C=O) groups is 1. The molecule has 0 saturated heterocycles. The van der Waals surface area contributed by atoms with E-state index in [0.29, 0.717) is 32.8 Å². The van der Waals surface area contributed by atoms with Crippen LogP contribution >= 0.6 is 23.2 Å². The highest BCUT2D eigenvalue weighted by molar-refractivity contribution is 6.32. The SMILES string of the molecule is CC.Cc1cc(C)c(O)c(C(=O)Nc2ccc(Oc3ccc(Cl)cc3)c(Cl)c2)c1. The molecule has 152 valence electrons. The summed E-state index contributed by atoms with van der Waals surface area (Å²) in [5, 5.41) is 13.8. The van der Waals surface area contributed by atoms with Gasteiger partial charge in [0, 0.05) is 10.7 Å². The van der Waals surface area contributed by atoms with Gasteiger partial charge < -0.3 is 15.2 Å². The standard InChI is InChI=1S/C21H17Cl2NO3.C2H6/c1-12-9-13(2)20(25)17(10-12)21(26)24-15-5-8-19(18(23)11-15)27-16-6-3-14(22)4-7-16;1-2/h3-11,25H,1-2H3,(H,24,26);1-2H3. The molecule has 4 nitrogen and oxygen atoms in total. The predicted molar refractivity (Wildman–Crippen MR) is 120 cm³/mol. The molecule has 6 heteroatoms. The third-order valence-corrected chi connectivity index (χ3v) is 4.47. The summed E-state index contributed by atoms with van der Waals surface area (Å²) in [7, 11) is 0. The minimum atomic E-state index is -0.415. The maximum atomic E-state index is 12.5. The van der Waals surface area contributed by atoms with E-state index in [2.05, 4.69) is 5.32 Å². The number of benzene rings is 3. The van der Waals surface area contributed by atoms with Crippen molar-refractivity contribution >= 4 is 34.8 Å². The van der Waals surface area contributed by atoms with Gasteiger partial charge in [0.1, 0.15) is 17.2 Å². The van der Waals surface area contributed by atoms with E-state index in [1.165, 1.54) is 0 Å². The van der Waals surface area contributed by atoms with Gasteiger partial charge in [-0.1, -0.05) is 43.1 Å². The summed E-state index contributed by atoms with van der Waals surface area (Å²) in [6.45, 7) is 7.61. The Bertz CT molecular complexity index is 1000. The quantitative estimate of drug-likeness (QED) is 0.452. The number of anilines is 1. The van der Waals surface area contributed by atoms with E-state index in [1.54, 1.807) is 55.5 Å². The van der Waals surface area contributed by atoms with E-state index < -0.39 is 5.91 Å². The van der Waals surface area contributed by atoms with Crippen LogP contribution in [0.3, 0.4) is 0 Å². The van der Waals surface area contributed by atoms with Crippen LogP contribution in [0.2, 0.25) is 10.0 Å². The van der Waals surface area contributed by atoms with Crippen LogP contribution in [0.1, 0.15) is 35.3 Å². The van der Waals surface area contributed by atoms with Crippen molar-refractivity contribution in [1.82, 2.24) is 0 Å². The minimum Gasteiger partial charge on any atom is -0.507 e. The number of carbonyl (C=O) groups excluding carboxylic acids is 1. The fourth-order valence-electron chi connectivity index (χ4n) is 2.62. The zero-order valence-electron chi connectivity index (χ0n) is 16.7. The first kappa shape index (κ1) is 22.6. The highest BCUT2D eigenvalue weighted by atomic mass is 35.5. The highest BCUT2D eigenvalue weighted by Crippen LogP contribution is 2.32. The Labute approximate surface area is 181 Å². The molecule has 3 rings (SSSR count). The Hall–Kier alpha value is -2.69. The molecule has 0 unspecified atom stereocenters. The monoisotopic (exact) mass is 431 g/mol. The summed E-state index contributed by atoms with van der Waals surface area (Å²) in [6, 6.07) is 15.3. The Balaban J connectivity index is 0.00000145. The van der Waals surface area contributed by atoms with Crippen molar-refractivity contribution < 1.29 is 14.6 Å². The van der Waals surface area contributed by atoms with Crippen LogP contribution in [-0.4, -0.2) is 11.0 Å². The summed E-state index contributed by atoms with van der Waals surface area (Å²) < 4.78 is 5.72. The second kappa shape index (κ2) is 10.2. The van der Waals surface area contributed by atoms with Crippen LogP contribution in [0.15, 0.2) is 54.6 Å². The third kappa shape index (κ3) is 5.89. The maximum absolute atomic E-state index is 12.5. The molecule has 0 fully saturated rings. The summed E-state index contributed by atoms with van der Waals surface area (Å²) in [5.41, 5.74) is 2.24.